The molecule has 5 aliphatic carbocycles. The maximum Gasteiger partial charge on any atom is 0.247 e. The Morgan fingerprint density at radius 3 is 2.25 bits per heavy atom. The van der Waals surface area contributed by atoms with Gasteiger partial charge in [-0.2, -0.15) is 0 Å². The third-order valence-corrected chi connectivity index (χ3v) is 7.71. The van der Waals surface area contributed by atoms with Gasteiger partial charge in [0.1, 0.15) is 6.10 Å². The Hall–Kier alpha value is -0.180. The predicted molar refractivity (Wildman–Crippen MR) is 83.1 cm³/mol. The Morgan fingerprint density at radius 1 is 0.950 bits per heavy atom. The van der Waals surface area contributed by atoms with Crippen molar-refractivity contribution in [1.29, 1.82) is 0 Å². The Balaban J connectivity index is 1.39. The molecule has 6 rings (SSSR count). The molecule has 20 heavy (non-hydrogen) atoms. The lowest BCUT2D eigenvalue weighted by Crippen LogP contribution is -2.49. The Labute approximate surface area is 126 Å². The van der Waals surface area contributed by atoms with Crippen LogP contribution in [0.4, 0.5) is 0 Å². The van der Waals surface area contributed by atoms with Gasteiger partial charge in [-0.25, -0.2) is 4.99 Å². The first kappa shape index (κ1) is 12.4. The smallest absolute Gasteiger partial charge is 0.247 e. The Bertz CT molecular complexity index is 395. The number of nitrogens with zero attached hydrogens (tertiary/aromatic N) is 1. The molecule has 0 amide bonds. The van der Waals surface area contributed by atoms with Crippen molar-refractivity contribution in [1.82, 2.24) is 0 Å². The minimum atomic E-state index is 0.296. The fourth-order valence-corrected chi connectivity index (χ4v) is 7.38. The zero-order chi connectivity index (χ0) is 13.2. The average molecular weight is 291 g/mol. The second kappa shape index (κ2) is 4.41. The van der Waals surface area contributed by atoms with Crippen molar-refractivity contribution in [3.63, 3.8) is 0 Å². The van der Waals surface area contributed by atoms with E-state index < -0.39 is 0 Å². The lowest BCUT2D eigenvalue weighted by atomic mass is 9.53. The number of thioether (sulfide) groups is 1. The van der Waals surface area contributed by atoms with Gasteiger partial charge < -0.3 is 4.74 Å². The first-order valence-corrected chi connectivity index (χ1v) is 9.59. The summed E-state index contributed by atoms with van der Waals surface area (Å²) in [7, 11) is 0. The van der Waals surface area contributed by atoms with Crippen LogP contribution in [-0.2, 0) is 4.74 Å². The normalized spacial score (nSPS) is 55.0. The largest absolute Gasteiger partial charge is 0.469 e. The SMILES string of the molecule is C1CC[C@H]2OC(=NC34CC5CC(CC(C5)C3)C4)S[C@H]2C1. The molecule has 1 saturated heterocycles. The highest BCUT2D eigenvalue weighted by molar-refractivity contribution is 8.14. The van der Waals surface area contributed by atoms with Crippen LogP contribution in [0.5, 0.6) is 0 Å². The molecule has 2 atom stereocenters. The minimum Gasteiger partial charge on any atom is -0.469 e. The van der Waals surface area contributed by atoms with E-state index in [4.69, 9.17) is 9.73 Å². The standard InChI is InChI=1S/C17H25NOS/c1-2-4-15-14(3-1)19-16(20-15)18-17-8-11-5-12(9-17)7-13(6-11)10-17/h11-15H,1-10H2/t11?,12?,13?,14-,15+,17?/m1/s1. The Kier molecular flexibility index (Phi) is 2.73. The molecule has 0 aromatic heterocycles. The summed E-state index contributed by atoms with van der Waals surface area (Å²) in [4.78, 5) is 5.25. The summed E-state index contributed by atoms with van der Waals surface area (Å²) in [6.45, 7) is 0. The van der Waals surface area contributed by atoms with Crippen LogP contribution in [0.3, 0.4) is 0 Å². The van der Waals surface area contributed by atoms with E-state index in [1.807, 2.05) is 11.8 Å². The van der Waals surface area contributed by atoms with Crippen LogP contribution in [-0.4, -0.2) is 22.1 Å². The van der Waals surface area contributed by atoms with E-state index in [9.17, 15) is 0 Å². The van der Waals surface area contributed by atoms with Gasteiger partial charge in [-0.05, 0) is 75.5 Å². The van der Waals surface area contributed by atoms with E-state index >= 15 is 0 Å². The molecule has 6 fully saturated rings. The first-order valence-electron chi connectivity index (χ1n) is 8.71. The number of hydrogen-bond donors (Lipinski definition) is 0. The van der Waals surface area contributed by atoms with Gasteiger partial charge in [0.05, 0.1) is 10.8 Å². The molecule has 4 bridgehead atoms. The van der Waals surface area contributed by atoms with Crippen molar-refractivity contribution in [3.8, 4) is 0 Å². The quantitative estimate of drug-likeness (QED) is 0.715. The van der Waals surface area contributed by atoms with Crippen molar-refractivity contribution in [2.75, 3.05) is 0 Å². The second-order valence-electron chi connectivity index (χ2n) is 8.12. The highest BCUT2D eigenvalue weighted by Gasteiger charge is 2.52. The highest BCUT2D eigenvalue weighted by Crippen LogP contribution is 2.57. The number of fused-ring (bicyclic) bond motifs is 1. The maximum atomic E-state index is 6.22. The summed E-state index contributed by atoms with van der Waals surface area (Å²) >= 11 is 1.97. The zero-order valence-electron chi connectivity index (χ0n) is 12.2. The second-order valence-corrected chi connectivity index (χ2v) is 9.31. The molecule has 1 heterocycles. The maximum absolute atomic E-state index is 6.22. The lowest BCUT2D eigenvalue weighted by molar-refractivity contribution is 0.000411. The van der Waals surface area contributed by atoms with Crippen molar-refractivity contribution < 1.29 is 4.74 Å². The highest BCUT2D eigenvalue weighted by atomic mass is 32.2. The summed E-state index contributed by atoms with van der Waals surface area (Å²) in [6.07, 6.45) is 14.4. The van der Waals surface area contributed by atoms with Gasteiger partial charge in [0.2, 0.25) is 5.23 Å². The molecule has 0 unspecified atom stereocenters. The number of hydrogen-bond acceptors (Lipinski definition) is 3. The van der Waals surface area contributed by atoms with E-state index in [1.165, 1.54) is 64.2 Å². The predicted octanol–water partition coefficient (Wildman–Crippen LogP) is 4.39. The van der Waals surface area contributed by atoms with Gasteiger partial charge in [0, 0.05) is 0 Å². The molecule has 110 valence electrons. The molecular formula is C17H25NOS. The zero-order valence-corrected chi connectivity index (χ0v) is 13.0. The molecule has 6 aliphatic rings. The molecule has 0 aromatic carbocycles. The molecule has 3 heteroatoms. The van der Waals surface area contributed by atoms with Gasteiger partial charge >= 0.3 is 0 Å². The molecule has 0 N–H and O–H groups in total. The van der Waals surface area contributed by atoms with Gasteiger partial charge in [0.25, 0.3) is 0 Å². The van der Waals surface area contributed by atoms with Crippen LogP contribution in [0.2, 0.25) is 0 Å². The van der Waals surface area contributed by atoms with Crippen molar-refractivity contribution in [2.45, 2.75) is 81.1 Å². The van der Waals surface area contributed by atoms with E-state index in [1.54, 1.807) is 0 Å². The summed E-state index contributed by atoms with van der Waals surface area (Å²) in [5, 5.41) is 1.79. The first-order chi connectivity index (χ1) is 9.78. The molecule has 2 nitrogen and oxygen atoms in total. The van der Waals surface area contributed by atoms with Gasteiger partial charge in [-0.3, -0.25) is 0 Å². The van der Waals surface area contributed by atoms with E-state index in [2.05, 4.69) is 0 Å². The monoisotopic (exact) mass is 291 g/mol. The summed E-state index contributed by atoms with van der Waals surface area (Å²) < 4.78 is 6.22. The number of rotatable bonds is 1. The fourth-order valence-electron chi connectivity index (χ4n) is 6.07. The van der Waals surface area contributed by atoms with Crippen LogP contribution in [0.1, 0.15) is 64.2 Å². The van der Waals surface area contributed by atoms with Crippen LogP contribution in [0.25, 0.3) is 0 Å². The lowest BCUT2D eigenvalue weighted by Gasteiger charge is -2.54. The van der Waals surface area contributed by atoms with E-state index in [-0.39, 0.29) is 0 Å². The molecule has 1 aliphatic heterocycles. The van der Waals surface area contributed by atoms with Crippen LogP contribution >= 0.6 is 11.8 Å². The summed E-state index contributed by atoms with van der Waals surface area (Å²) in [6, 6.07) is 0. The summed E-state index contributed by atoms with van der Waals surface area (Å²) in [5.41, 5.74) is 0.296. The third-order valence-electron chi connectivity index (χ3n) is 6.48. The van der Waals surface area contributed by atoms with Crippen LogP contribution < -0.4 is 0 Å². The molecule has 0 spiro atoms. The molecule has 0 aromatic rings. The number of ether oxygens (including phenoxy) is 1. The van der Waals surface area contributed by atoms with Crippen LogP contribution in [0.15, 0.2) is 4.99 Å². The number of aliphatic imine (C=N–C) groups is 1. The van der Waals surface area contributed by atoms with Crippen LogP contribution in [0, 0.1) is 17.8 Å². The van der Waals surface area contributed by atoms with Crippen molar-refractivity contribution in [2.24, 2.45) is 22.7 Å². The van der Waals surface area contributed by atoms with E-state index in [0.29, 0.717) is 11.6 Å². The van der Waals surface area contributed by atoms with Crippen molar-refractivity contribution >= 4 is 17.0 Å². The average Bonchev–Trinajstić information content (AvgIpc) is 2.77. The topological polar surface area (TPSA) is 21.6 Å². The molecule has 5 saturated carbocycles. The fraction of sp³-hybridized carbons (Fsp3) is 0.941. The Morgan fingerprint density at radius 2 is 1.60 bits per heavy atom. The van der Waals surface area contributed by atoms with Gasteiger partial charge in [0.15, 0.2) is 0 Å². The van der Waals surface area contributed by atoms with Crippen molar-refractivity contribution in [3.05, 3.63) is 0 Å². The minimum absolute atomic E-state index is 0.296. The van der Waals surface area contributed by atoms with E-state index in [0.717, 1.165) is 28.2 Å². The third kappa shape index (κ3) is 1.95. The molecule has 0 radical (unpaired) electrons. The summed E-state index contributed by atoms with van der Waals surface area (Å²) in [5.74, 6) is 2.96. The van der Waals surface area contributed by atoms with Gasteiger partial charge in [-0.15, -0.1) is 0 Å². The molecular weight excluding hydrogens is 266 g/mol. The van der Waals surface area contributed by atoms with Gasteiger partial charge in [-0.1, -0.05) is 18.2 Å².